The summed E-state index contributed by atoms with van der Waals surface area (Å²) in [5, 5.41) is 40.5. The number of ether oxygens (including phenoxy) is 2. The van der Waals surface area contributed by atoms with Crippen LogP contribution in [0.25, 0.3) is 32.7 Å². The van der Waals surface area contributed by atoms with E-state index in [9.17, 15) is 10.2 Å². The molecule has 4 N–H and O–H groups in total. The van der Waals surface area contributed by atoms with Crippen LogP contribution in [-0.4, -0.2) is 37.3 Å². The number of pyridine rings is 2. The third-order valence-corrected chi connectivity index (χ3v) is 8.15. The lowest BCUT2D eigenvalue weighted by Gasteiger charge is -2.08. The van der Waals surface area contributed by atoms with E-state index in [1.54, 1.807) is 60.9 Å². The van der Waals surface area contributed by atoms with Crippen LogP contribution < -0.4 is 14.9 Å². The average molecular weight is 751 g/mol. The number of aromatic nitrogens is 2. The Balaban J connectivity index is 0.000000143. The predicted octanol–water partition coefficient (Wildman–Crippen LogP) is 9.26. The summed E-state index contributed by atoms with van der Waals surface area (Å²) in [7, 11) is -1.45. The first kappa shape index (κ1) is 35.6. The molecule has 0 saturated carbocycles. The van der Waals surface area contributed by atoms with Gasteiger partial charge in [-0.1, -0.05) is 88.7 Å². The van der Waals surface area contributed by atoms with E-state index in [1.165, 1.54) is 0 Å². The summed E-state index contributed by atoms with van der Waals surface area (Å²) < 4.78 is 12.3. The molecule has 52 heavy (non-hydrogen) atoms. The van der Waals surface area contributed by atoms with Crippen molar-refractivity contribution in [3.05, 3.63) is 175 Å². The maximum atomic E-state index is 9.57. The zero-order valence-electron chi connectivity index (χ0n) is 27.6. The van der Waals surface area contributed by atoms with Crippen molar-refractivity contribution in [1.29, 1.82) is 0 Å². The van der Waals surface area contributed by atoms with E-state index in [0.29, 0.717) is 17.2 Å². The maximum Gasteiger partial charge on any atom is 0.488 e. The predicted molar refractivity (Wildman–Crippen MR) is 209 cm³/mol. The number of halogens is 1. The van der Waals surface area contributed by atoms with Crippen molar-refractivity contribution in [1.82, 2.24) is 9.97 Å². The zero-order chi connectivity index (χ0) is 36.3. The molecule has 0 aliphatic rings. The maximum absolute atomic E-state index is 9.57. The molecule has 2 heterocycles. The molecule has 0 aliphatic carbocycles. The van der Waals surface area contributed by atoms with Crippen LogP contribution in [0.2, 0.25) is 0 Å². The molecule has 0 amide bonds. The van der Waals surface area contributed by atoms with Gasteiger partial charge in [0.25, 0.3) is 0 Å². The zero-order valence-corrected chi connectivity index (χ0v) is 29.2. The fourth-order valence-electron chi connectivity index (χ4n) is 5.15. The molecule has 8 rings (SSSR count). The molecule has 0 spiro atoms. The lowest BCUT2D eigenvalue weighted by molar-refractivity contribution is 0.426. The number of nitrogens with zero attached hydrogens (tertiary/aromatic N) is 2. The first-order chi connectivity index (χ1) is 25.3. The highest BCUT2D eigenvalue weighted by Crippen LogP contribution is 2.30. The quantitative estimate of drug-likeness (QED) is 0.124. The monoisotopic (exact) mass is 750 g/mol. The molecule has 0 aliphatic heterocycles. The molecule has 6 aromatic carbocycles. The number of aromatic hydroxyl groups is 2. The number of phenolic OH excluding ortho intramolecular Hbond substituents is 2. The van der Waals surface area contributed by atoms with Crippen molar-refractivity contribution in [2.75, 3.05) is 0 Å². The summed E-state index contributed by atoms with van der Waals surface area (Å²) in [6.45, 7) is 0. The number of phenols is 2. The molecule has 256 valence electrons. The fourth-order valence-corrected chi connectivity index (χ4v) is 5.53. The normalized spacial score (nSPS) is 10.4. The van der Waals surface area contributed by atoms with Gasteiger partial charge in [0.15, 0.2) is 0 Å². The van der Waals surface area contributed by atoms with E-state index in [2.05, 4.69) is 32.0 Å². The Hall–Kier alpha value is -6.20. The van der Waals surface area contributed by atoms with Gasteiger partial charge < -0.3 is 29.7 Å². The Labute approximate surface area is 309 Å². The Morgan fingerprint density at radius 2 is 0.981 bits per heavy atom. The van der Waals surface area contributed by atoms with Crippen LogP contribution in [0.1, 0.15) is 0 Å². The lowest BCUT2D eigenvalue weighted by Crippen LogP contribution is -2.29. The second-order valence-corrected chi connectivity index (χ2v) is 12.4. The van der Waals surface area contributed by atoms with Crippen molar-refractivity contribution in [2.45, 2.75) is 0 Å². The van der Waals surface area contributed by atoms with Crippen LogP contribution in [0.5, 0.6) is 34.8 Å². The summed E-state index contributed by atoms with van der Waals surface area (Å²) in [5.74, 6) is 3.18. The van der Waals surface area contributed by atoms with Crippen molar-refractivity contribution in [2.24, 2.45) is 0 Å². The van der Waals surface area contributed by atoms with Crippen LogP contribution in [0, 0.1) is 0 Å². The van der Waals surface area contributed by atoms with Gasteiger partial charge in [-0.15, -0.1) is 0 Å². The van der Waals surface area contributed by atoms with Crippen LogP contribution >= 0.6 is 15.9 Å². The van der Waals surface area contributed by atoms with Crippen LogP contribution in [-0.2, 0) is 0 Å². The standard InChI is InChI=1S/C21H15NO2.C11H8BrNO.C10H9BO3/c23-19-10-9-17-12-16(7-8-18(17)13-19)15-4-3-5-20(14-15)24-21-6-1-2-11-22-21;12-9-4-3-5-10(8-9)14-11-6-1-2-7-13-11;12-10-4-2-7-5-9(11(13)14)3-1-8(7)6-10/h1-14,23H;1-8H;1-6,12-14H. The fraction of sp³-hybridized carbons (Fsp3) is 0. The van der Waals surface area contributed by atoms with Crippen molar-refractivity contribution in [3.8, 4) is 45.9 Å². The van der Waals surface area contributed by atoms with E-state index in [-0.39, 0.29) is 11.5 Å². The molecule has 8 nitrogen and oxygen atoms in total. The SMILES string of the molecule is Brc1cccc(Oc2ccccn2)c1.OB(O)c1ccc2cc(O)ccc2c1.Oc1ccc2cc(-c3cccc(Oc4ccccn4)c3)ccc2c1. The minimum atomic E-state index is -1.45. The number of rotatable bonds is 6. The third kappa shape index (κ3) is 9.95. The van der Waals surface area contributed by atoms with Gasteiger partial charge in [0.2, 0.25) is 11.8 Å². The minimum absolute atomic E-state index is 0.204. The van der Waals surface area contributed by atoms with Crippen molar-refractivity contribution < 1.29 is 29.7 Å². The smallest absolute Gasteiger partial charge is 0.488 e. The summed E-state index contributed by atoms with van der Waals surface area (Å²) in [6, 6.07) is 48.2. The largest absolute Gasteiger partial charge is 0.508 e. The van der Waals surface area contributed by atoms with Crippen LogP contribution in [0.3, 0.4) is 0 Å². The minimum Gasteiger partial charge on any atom is -0.508 e. The van der Waals surface area contributed by atoms with E-state index in [1.807, 2.05) is 103 Å². The molecular weight excluding hydrogens is 719 g/mol. The Bertz CT molecular complexity index is 2400. The van der Waals surface area contributed by atoms with Gasteiger partial charge in [-0.3, -0.25) is 0 Å². The van der Waals surface area contributed by atoms with Crippen LogP contribution in [0.4, 0.5) is 0 Å². The van der Waals surface area contributed by atoms with Crippen molar-refractivity contribution >= 4 is 50.1 Å². The first-order valence-electron chi connectivity index (χ1n) is 16.1. The Kier molecular flexibility index (Phi) is 11.7. The molecule has 0 saturated heterocycles. The number of benzene rings is 6. The summed E-state index contributed by atoms with van der Waals surface area (Å²) >= 11 is 3.38. The van der Waals surface area contributed by atoms with E-state index in [0.717, 1.165) is 48.6 Å². The molecule has 10 heteroatoms. The molecule has 0 atom stereocenters. The number of fused-ring (bicyclic) bond motifs is 2. The Morgan fingerprint density at radius 3 is 1.56 bits per heavy atom. The average Bonchev–Trinajstić information content (AvgIpc) is 3.16. The molecule has 0 fully saturated rings. The highest BCUT2D eigenvalue weighted by molar-refractivity contribution is 9.10. The first-order valence-corrected chi connectivity index (χ1v) is 16.9. The van der Waals surface area contributed by atoms with Gasteiger partial charge >= 0.3 is 7.12 Å². The molecule has 0 bridgehead atoms. The van der Waals surface area contributed by atoms with E-state index in [4.69, 9.17) is 19.5 Å². The molecule has 8 aromatic rings. The molecule has 0 unspecified atom stereocenters. The van der Waals surface area contributed by atoms with Gasteiger partial charge in [0.05, 0.1) is 0 Å². The molecule has 0 radical (unpaired) electrons. The Morgan fingerprint density at radius 1 is 0.462 bits per heavy atom. The number of hydrogen-bond donors (Lipinski definition) is 4. The van der Waals surface area contributed by atoms with Gasteiger partial charge in [0, 0.05) is 29.0 Å². The second kappa shape index (κ2) is 17.1. The molecular formula is C42H32BBrN2O6. The summed E-state index contributed by atoms with van der Waals surface area (Å²) in [6.07, 6.45) is 3.41. The summed E-state index contributed by atoms with van der Waals surface area (Å²) in [5.41, 5.74) is 2.61. The highest BCUT2D eigenvalue weighted by Gasteiger charge is 2.10. The van der Waals surface area contributed by atoms with Crippen LogP contribution in [0.15, 0.2) is 175 Å². The van der Waals surface area contributed by atoms with E-state index < -0.39 is 7.12 Å². The van der Waals surface area contributed by atoms with Gasteiger partial charge in [-0.05, 0) is 111 Å². The lowest BCUT2D eigenvalue weighted by atomic mass is 9.79. The summed E-state index contributed by atoms with van der Waals surface area (Å²) in [4.78, 5) is 8.25. The van der Waals surface area contributed by atoms with Gasteiger partial charge in [-0.2, -0.15) is 0 Å². The third-order valence-electron chi connectivity index (χ3n) is 7.65. The number of hydrogen-bond acceptors (Lipinski definition) is 8. The van der Waals surface area contributed by atoms with Gasteiger partial charge in [0.1, 0.15) is 23.0 Å². The second-order valence-electron chi connectivity index (χ2n) is 11.4. The van der Waals surface area contributed by atoms with Crippen molar-refractivity contribution in [3.63, 3.8) is 0 Å². The highest BCUT2D eigenvalue weighted by atomic mass is 79.9. The molecule has 2 aromatic heterocycles. The van der Waals surface area contributed by atoms with Gasteiger partial charge in [-0.25, -0.2) is 9.97 Å². The topological polar surface area (TPSA) is 125 Å². The van der Waals surface area contributed by atoms with E-state index >= 15 is 0 Å².